The second-order valence-corrected chi connectivity index (χ2v) is 13.1. The number of likely N-dealkylation sites (tertiary alicyclic amines) is 1. The first-order chi connectivity index (χ1) is 23.3. The number of rotatable bonds is 11. The number of aliphatic hydroxyl groups excluding tert-OH is 1. The molecule has 2 aromatic heterocycles. The van der Waals surface area contributed by atoms with Gasteiger partial charge in [0.05, 0.1) is 17.8 Å². The van der Waals surface area contributed by atoms with Gasteiger partial charge in [0, 0.05) is 54.2 Å². The number of anilines is 2. The summed E-state index contributed by atoms with van der Waals surface area (Å²) in [6, 6.07) is 21.0. The number of urea groups is 1. The second kappa shape index (κ2) is 15.0. The van der Waals surface area contributed by atoms with E-state index in [9.17, 15) is 14.7 Å². The molecular formula is C37H41N6O4S. The van der Waals surface area contributed by atoms with Crippen LogP contribution in [0.5, 0.6) is 10.8 Å². The van der Waals surface area contributed by atoms with E-state index in [0.29, 0.717) is 32.8 Å². The highest BCUT2D eigenvalue weighted by Crippen LogP contribution is 2.33. The number of carbonyl (C=O) groups excluding carboxylic acids is 2. The Kier molecular flexibility index (Phi) is 10.4. The number of nitrogens with zero attached hydrogens (tertiary/aromatic N) is 3. The van der Waals surface area contributed by atoms with Crippen LogP contribution in [0.2, 0.25) is 0 Å². The molecule has 0 atom stereocenters. The topological polar surface area (TPSA) is 121 Å². The molecular weight excluding hydrogens is 625 g/mol. The molecule has 5 aromatic rings. The first-order valence-electron chi connectivity index (χ1n) is 16.4. The van der Waals surface area contributed by atoms with Crippen LogP contribution in [0.15, 0.2) is 79.1 Å². The molecule has 6 rings (SSSR count). The zero-order valence-corrected chi connectivity index (χ0v) is 28.1. The number of piperidine rings is 1. The van der Waals surface area contributed by atoms with Crippen LogP contribution in [0, 0.1) is 6.92 Å². The fourth-order valence-corrected chi connectivity index (χ4v) is 6.60. The van der Waals surface area contributed by atoms with E-state index in [0.717, 1.165) is 56.5 Å². The number of amides is 3. The molecule has 10 nitrogen and oxygen atoms in total. The molecule has 0 saturated carbocycles. The second-order valence-electron chi connectivity index (χ2n) is 12.1. The molecule has 11 heteroatoms. The minimum absolute atomic E-state index is 0.124. The highest BCUT2D eigenvalue weighted by Gasteiger charge is 2.20. The van der Waals surface area contributed by atoms with E-state index in [1.807, 2.05) is 44.2 Å². The average Bonchev–Trinajstić information content (AvgIpc) is 3.70. The van der Waals surface area contributed by atoms with Gasteiger partial charge in [-0.2, -0.15) is 0 Å². The van der Waals surface area contributed by atoms with Crippen LogP contribution in [-0.4, -0.2) is 56.7 Å². The molecule has 3 heterocycles. The van der Waals surface area contributed by atoms with Crippen molar-refractivity contribution >= 4 is 45.0 Å². The maximum Gasteiger partial charge on any atom is 0.319 e. The van der Waals surface area contributed by atoms with Crippen LogP contribution in [0.25, 0.3) is 16.6 Å². The third-order valence-electron chi connectivity index (χ3n) is 8.71. The van der Waals surface area contributed by atoms with Crippen molar-refractivity contribution in [2.24, 2.45) is 0 Å². The molecule has 3 amide bonds. The molecule has 1 fully saturated rings. The summed E-state index contributed by atoms with van der Waals surface area (Å²) in [7, 11) is 0. The number of hydrogen-bond acceptors (Lipinski definition) is 7. The summed E-state index contributed by atoms with van der Waals surface area (Å²) in [4.78, 5) is 32.1. The highest BCUT2D eigenvalue weighted by atomic mass is 32.1. The molecule has 1 radical (unpaired) electrons. The van der Waals surface area contributed by atoms with Gasteiger partial charge < -0.3 is 25.0 Å². The molecule has 0 aliphatic carbocycles. The maximum atomic E-state index is 13.1. The number of thiazole rings is 1. The van der Waals surface area contributed by atoms with E-state index < -0.39 is 0 Å². The largest absolute Gasteiger partial charge is 0.445 e. The monoisotopic (exact) mass is 665 g/mol. The minimum atomic E-state index is -0.271. The van der Waals surface area contributed by atoms with Gasteiger partial charge >= 0.3 is 6.03 Å². The van der Waals surface area contributed by atoms with Crippen molar-refractivity contribution < 1.29 is 19.4 Å². The van der Waals surface area contributed by atoms with Crippen LogP contribution in [0.3, 0.4) is 0 Å². The van der Waals surface area contributed by atoms with E-state index in [1.165, 1.54) is 22.3 Å². The van der Waals surface area contributed by atoms with Gasteiger partial charge in [-0.25, -0.2) is 9.78 Å². The first kappa shape index (κ1) is 33.2. The van der Waals surface area contributed by atoms with Crippen molar-refractivity contribution in [2.45, 2.75) is 58.2 Å². The van der Waals surface area contributed by atoms with E-state index in [-0.39, 0.29) is 24.1 Å². The summed E-state index contributed by atoms with van der Waals surface area (Å²) >= 11 is 1.21. The molecule has 4 N–H and O–H groups in total. The first-order valence-corrected chi connectivity index (χ1v) is 17.2. The Bertz CT molecular complexity index is 1870. The molecule has 249 valence electrons. The standard InChI is InChI=1S/C37H41N6O4S/c1-4-27(5-2)39-36(46)40-28-12-15-33(24(3)20-28)47-34-21-38-37(48-34)41-35(45)25-10-13-29(14-11-25)43-23-26(31-8-6-7-9-32(31)43)22-42-18-16-30(44)17-19-42/h6-15,20-21,23,27,30,44H,3-5,16-19,22H2,1-2H3,(H,38,41,45)(H2,39,40,46). The van der Waals surface area contributed by atoms with Crippen molar-refractivity contribution in [3.8, 4) is 16.5 Å². The van der Waals surface area contributed by atoms with Gasteiger partial charge in [-0.1, -0.05) is 43.4 Å². The lowest BCUT2D eigenvalue weighted by molar-refractivity contribution is 0.0794. The van der Waals surface area contributed by atoms with Crippen LogP contribution < -0.4 is 20.7 Å². The van der Waals surface area contributed by atoms with Gasteiger partial charge in [-0.15, -0.1) is 0 Å². The van der Waals surface area contributed by atoms with Crippen molar-refractivity contribution in [1.29, 1.82) is 0 Å². The van der Waals surface area contributed by atoms with Crippen LogP contribution in [0.4, 0.5) is 15.6 Å². The predicted octanol–water partition coefficient (Wildman–Crippen LogP) is 7.58. The third kappa shape index (κ3) is 7.87. The Hall–Kier alpha value is -4.71. The van der Waals surface area contributed by atoms with E-state index in [4.69, 9.17) is 4.74 Å². The lowest BCUT2D eigenvalue weighted by atomic mass is 10.1. The molecule has 1 aliphatic rings. The van der Waals surface area contributed by atoms with E-state index in [1.54, 1.807) is 24.4 Å². The van der Waals surface area contributed by atoms with Crippen molar-refractivity contribution in [3.05, 3.63) is 103 Å². The third-order valence-corrected chi connectivity index (χ3v) is 9.50. The summed E-state index contributed by atoms with van der Waals surface area (Å²) in [5, 5.41) is 20.7. The molecule has 3 aromatic carbocycles. The summed E-state index contributed by atoms with van der Waals surface area (Å²) in [6.07, 6.45) is 6.87. The lowest BCUT2D eigenvalue weighted by Crippen LogP contribution is -2.37. The number of fused-ring (bicyclic) bond motifs is 1. The molecule has 1 aliphatic heterocycles. The Balaban J connectivity index is 1.07. The van der Waals surface area contributed by atoms with Crippen LogP contribution in [-0.2, 0) is 6.54 Å². The Morgan fingerprint density at radius 3 is 2.52 bits per heavy atom. The van der Waals surface area contributed by atoms with Gasteiger partial charge in [-0.05, 0) is 92.3 Å². The van der Waals surface area contributed by atoms with Crippen molar-refractivity contribution in [2.75, 3.05) is 23.7 Å². The minimum Gasteiger partial charge on any atom is -0.445 e. The average molecular weight is 666 g/mol. The van der Waals surface area contributed by atoms with Gasteiger partial charge in [0.2, 0.25) is 5.06 Å². The Morgan fingerprint density at radius 1 is 1.04 bits per heavy atom. The molecule has 1 saturated heterocycles. The summed E-state index contributed by atoms with van der Waals surface area (Å²) in [5.41, 5.74) is 5.04. The normalized spacial score (nSPS) is 13.9. The van der Waals surface area contributed by atoms with Crippen molar-refractivity contribution in [1.82, 2.24) is 19.8 Å². The number of ether oxygens (including phenoxy) is 1. The number of aliphatic hydroxyl groups is 1. The number of benzene rings is 3. The smallest absolute Gasteiger partial charge is 0.319 e. The van der Waals surface area contributed by atoms with Crippen molar-refractivity contribution in [3.63, 3.8) is 0 Å². The summed E-state index contributed by atoms with van der Waals surface area (Å²) < 4.78 is 8.15. The van der Waals surface area contributed by atoms with Gasteiger partial charge in [0.25, 0.3) is 5.91 Å². The zero-order chi connectivity index (χ0) is 33.6. The van der Waals surface area contributed by atoms with Crippen LogP contribution >= 0.6 is 11.3 Å². The Labute approximate surface area is 284 Å². The summed E-state index contributed by atoms with van der Waals surface area (Å²) in [6.45, 7) is 10.7. The fraction of sp³-hybridized carbons (Fsp3) is 0.297. The highest BCUT2D eigenvalue weighted by molar-refractivity contribution is 7.17. The van der Waals surface area contributed by atoms with Gasteiger partial charge in [-0.3, -0.25) is 15.0 Å². The fourth-order valence-electron chi connectivity index (χ4n) is 5.93. The van der Waals surface area contributed by atoms with Crippen LogP contribution in [0.1, 0.15) is 61.0 Å². The van der Waals surface area contributed by atoms with Gasteiger partial charge in [0.15, 0.2) is 5.13 Å². The quantitative estimate of drug-likeness (QED) is 0.115. The zero-order valence-electron chi connectivity index (χ0n) is 27.2. The van der Waals surface area contributed by atoms with E-state index >= 15 is 0 Å². The molecule has 0 unspecified atom stereocenters. The lowest BCUT2D eigenvalue weighted by Gasteiger charge is -2.29. The summed E-state index contributed by atoms with van der Waals surface area (Å²) in [5.74, 6) is 0.251. The number of carbonyl (C=O) groups is 2. The number of aromatic nitrogens is 2. The SMILES string of the molecule is [CH2]c1cc(NC(=O)NC(CC)CC)ccc1Oc1cnc(NC(=O)c2ccc(-n3cc(CN4CCC(O)CC4)c4ccccc43)cc2)s1. The maximum absolute atomic E-state index is 13.1. The van der Waals surface area contributed by atoms with E-state index in [2.05, 4.69) is 61.7 Å². The predicted molar refractivity (Wildman–Crippen MR) is 191 cm³/mol. The molecule has 48 heavy (non-hydrogen) atoms. The molecule has 0 spiro atoms. The number of hydrogen-bond donors (Lipinski definition) is 4. The number of nitrogens with one attached hydrogen (secondary N) is 3. The Morgan fingerprint density at radius 2 is 1.79 bits per heavy atom. The van der Waals surface area contributed by atoms with Gasteiger partial charge in [0.1, 0.15) is 5.75 Å². The molecule has 0 bridgehead atoms. The number of para-hydroxylation sites is 1.